The molecule has 0 saturated carbocycles. The highest BCUT2D eigenvalue weighted by Crippen LogP contribution is 2.10. The van der Waals surface area contributed by atoms with Crippen LogP contribution in [0.2, 0.25) is 0 Å². The van der Waals surface area contributed by atoms with Gasteiger partial charge in [0.2, 0.25) is 5.91 Å². The molecule has 1 amide bonds. The van der Waals surface area contributed by atoms with Crippen LogP contribution in [0.5, 0.6) is 0 Å². The molecule has 5 nitrogen and oxygen atoms in total. The summed E-state index contributed by atoms with van der Waals surface area (Å²) in [4.78, 5) is 16.4. The molecule has 0 spiro atoms. The van der Waals surface area contributed by atoms with Gasteiger partial charge in [-0.2, -0.15) is 0 Å². The van der Waals surface area contributed by atoms with Gasteiger partial charge in [0, 0.05) is 44.5 Å². The molecule has 2 rings (SSSR count). The zero-order valence-electron chi connectivity index (χ0n) is 11.8. The van der Waals surface area contributed by atoms with Gasteiger partial charge in [-0.05, 0) is 11.4 Å². The van der Waals surface area contributed by atoms with Crippen LogP contribution in [0.3, 0.4) is 0 Å². The first-order chi connectivity index (χ1) is 9.65. The summed E-state index contributed by atoms with van der Waals surface area (Å²) < 4.78 is 5.51. The maximum absolute atomic E-state index is 11.2. The number of piperazine rings is 1. The first kappa shape index (κ1) is 15.4. The third-order valence-corrected chi connectivity index (χ3v) is 4.27. The summed E-state index contributed by atoms with van der Waals surface area (Å²) in [7, 11) is 0. The van der Waals surface area contributed by atoms with Gasteiger partial charge in [0.05, 0.1) is 19.3 Å². The lowest BCUT2D eigenvalue weighted by Gasteiger charge is -2.35. The summed E-state index contributed by atoms with van der Waals surface area (Å²) >= 11 is 1.66. The third kappa shape index (κ3) is 4.86. The molecule has 112 valence electrons. The standard InChI is InChI=1S/C14H22N2O3S/c1-12(17)16-6-4-15(5-7-16)9-13(18)10-19-11-14-3-2-8-20-14/h2-3,8,13,18H,4-7,9-11H2,1H3. The first-order valence-electron chi connectivity index (χ1n) is 6.91. The van der Waals surface area contributed by atoms with Crippen molar-refractivity contribution in [3.8, 4) is 0 Å². The lowest BCUT2D eigenvalue weighted by molar-refractivity contribution is -0.130. The van der Waals surface area contributed by atoms with Gasteiger partial charge in [0.25, 0.3) is 0 Å². The van der Waals surface area contributed by atoms with Crippen molar-refractivity contribution in [2.45, 2.75) is 19.6 Å². The SMILES string of the molecule is CC(=O)N1CCN(CC(O)COCc2cccs2)CC1. The van der Waals surface area contributed by atoms with Crippen molar-refractivity contribution in [2.75, 3.05) is 39.3 Å². The molecule has 1 atom stereocenters. The number of nitrogens with zero attached hydrogens (tertiary/aromatic N) is 2. The molecule has 0 radical (unpaired) electrons. The van der Waals surface area contributed by atoms with Crippen LogP contribution in [0.15, 0.2) is 17.5 Å². The average molecular weight is 298 g/mol. The lowest BCUT2D eigenvalue weighted by atomic mass is 10.2. The maximum atomic E-state index is 11.2. The fourth-order valence-corrected chi connectivity index (χ4v) is 2.93. The van der Waals surface area contributed by atoms with E-state index in [0.29, 0.717) is 19.8 Å². The van der Waals surface area contributed by atoms with Crippen LogP contribution in [-0.2, 0) is 16.1 Å². The highest BCUT2D eigenvalue weighted by Gasteiger charge is 2.20. The van der Waals surface area contributed by atoms with E-state index >= 15 is 0 Å². The van der Waals surface area contributed by atoms with Crippen LogP contribution < -0.4 is 0 Å². The quantitative estimate of drug-likeness (QED) is 0.844. The first-order valence-corrected chi connectivity index (χ1v) is 7.79. The lowest BCUT2D eigenvalue weighted by Crippen LogP contribution is -2.50. The molecule has 1 aromatic rings. The summed E-state index contributed by atoms with van der Waals surface area (Å²) in [6.07, 6.45) is -0.473. The number of aliphatic hydroxyl groups excluding tert-OH is 1. The Morgan fingerprint density at radius 1 is 1.45 bits per heavy atom. The average Bonchev–Trinajstić information content (AvgIpc) is 2.92. The molecular weight excluding hydrogens is 276 g/mol. The van der Waals surface area contributed by atoms with Gasteiger partial charge >= 0.3 is 0 Å². The van der Waals surface area contributed by atoms with Crippen molar-refractivity contribution >= 4 is 17.2 Å². The molecule has 6 heteroatoms. The summed E-state index contributed by atoms with van der Waals surface area (Å²) in [6, 6.07) is 4.02. The summed E-state index contributed by atoms with van der Waals surface area (Å²) in [6.45, 7) is 6.26. The van der Waals surface area contributed by atoms with Gasteiger partial charge in [-0.25, -0.2) is 0 Å². The number of β-amino-alcohol motifs (C(OH)–C–C–N with tert-alkyl or cyclic N) is 1. The Balaban J connectivity index is 1.60. The van der Waals surface area contributed by atoms with E-state index in [4.69, 9.17) is 4.74 Å². The Hall–Kier alpha value is -0.950. The van der Waals surface area contributed by atoms with Crippen molar-refractivity contribution in [1.82, 2.24) is 9.80 Å². The van der Waals surface area contributed by atoms with E-state index in [9.17, 15) is 9.90 Å². The van der Waals surface area contributed by atoms with Crippen molar-refractivity contribution in [1.29, 1.82) is 0 Å². The van der Waals surface area contributed by atoms with Crippen LogP contribution in [0.4, 0.5) is 0 Å². The van der Waals surface area contributed by atoms with E-state index in [-0.39, 0.29) is 5.91 Å². The molecule has 20 heavy (non-hydrogen) atoms. The number of rotatable bonds is 6. The minimum Gasteiger partial charge on any atom is -0.389 e. The second-order valence-electron chi connectivity index (χ2n) is 5.05. The summed E-state index contributed by atoms with van der Waals surface area (Å²) in [5.41, 5.74) is 0. The molecule has 1 N–H and O–H groups in total. The molecule has 1 fully saturated rings. The van der Waals surface area contributed by atoms with E-state index in [0.717, 1.165) is 26.2 Å². The van der Waals surface area contributed by atoms with Gasteiger partial charge < -0.3 is 14.7 Å². The molecule has 1 aliphatic heterocycles. The summed E-state index contributed by atoms with van der Waals surface area (Å²) in [5.74, 6) is 0.129. The number of carbonyl (C=O) groups excluding carboxylic acids is 1. The van der Waals surface area contributed by atoms with Gasteiger partial charge in [-0.3, -0.25) is 9.69 Å². The Bertz CT molecular complexity index is 403. The second kappa shape index (κ2) is 7.73. The van der Waals surface area contributed by atoms with Crippen molar-refractivity contribution in [2.24, 2.45) is 0 Å². The topological polar surface area (TPSA) is 53.0 Å². The Morgan fingerprint density at radius 2 is 2.20 bits per heavy atom. The predicted molar refractivity (Wildman–Crippen MR) is 78.7 cm³/mol. The number of hydrogen-bond acceptors (Lipinski definition) is 5. The molecular formula is C14H22N2O3S. The highest BCUT2D eigenvalue weighted by molar-refractivity contribution is 7.09. The van der Waals surface area contributed by atoms with Crippen LogP contribution >= 0.6 is 11.3 Å². The minimum absolute atomic E-state index is 0.129. The molecule has 0 bridgehead atoms. The fraction of sp³-hybridized carbons (Fsp3) is 0.643. The fourth-order valence-electron chi connectivity index (χ4n) is 2.29. The monoisotopic (exact) mass is 298 g/mol. The Labute approximate surface area is 123 Å². The summed E-state index contributed by atoms with van der Waals surface area (Å²) in [5, 5.41) is 12.0. The molecule has 0 aliphatic carbocycles. The molecule has 1 aromatic heterocycles. The van der Waals surface area contributed by atoms with Crippen LogP contribution in [0, 0.1) is 0 Å². The zero-order valence-corrected chi connectivity index (χ0v) is 12.6. The maximum Gasteiger partial charge on any atom is 0.219 e. The van der Waals surface area contributed by atoms with Gasteiger partial charge in [-0.1, -0.05) is 6.07 Å². The van der Waals surface area contributed by atoms with Gasteiger partial charge in [0.15, 0.2) is 0 Å². The number of hydrogen-bond donors (Lipinski definition) is 1. The molecule has 1 saturated heterocycles. The number of ether oxygens (including phenoxy) is 1. The minimum atomic E-state index is -0.473. The normalized spacial score (nSPS) is 18.2. The van der Waals surface area contributed by atoms with Crippen LogP contribution in [0.1, 0.15) is 11.8 Å². The number of amides is 1. The molecule has 0 aromatic carbocycles. The smallest absolute Gasteiger partial charge is 0.219 e. The van der Waals surface area contributed by atoms with Crippen molar-refractivity contribution in [3.05, 3.63) is 22.4 Å². The predicted octanol–water partition coefficient (Wildman–Crippen LogP) is 0.790. The molecule has 1 unspecified atom stereocenters. The Morgan fingerprint density at radius 3 is 2.80 bits per heavy atom. The number of aliphatic hydroxyl groups is 1. The van der Waals surface area contributed by atoms with E-state index in [1.807, 2.05) is 22.4 Å². The molecule has 2 heterocycles. The third-order valence-electron chi connectivity index (χ3n) is 3.42. The van der Waals surface area contributed by atoms with Crippen molar-refractivity contribution in [3.63, 3.8) is 0 Å². The highest BCUT2D eigenvalue weighted by atomic mass is 32.1. The largest absolute Gasteiger partial charge is 0.389 e. The van der Waals surface area contributed by atoms with E-state index in [1.54, 1.807) is 18.3 Å². The second-order valence-corrected chi connectivity index (χ2v) is 6.09. The zero-order chi connectivity index (χ0) is 14.4. The van der Waals surface area contributed by atoms with Crippen LogP contribution in [-0.4, -0.2) is 66.2 Å². The van der Waals surface area contributed by atoms with Gasteiger partial charge in [-0.15, -0.1) is 11.3 Å². The van der Waals surface area contributed by atoms with E-state index in [1.165, 1.54) is 4.88 Å². The Kier molecular flexibility index (Phi) is 5.97. The van der Waals surface area contributed by atoms with Crippen molar-refractivity contribution < 1.29 is 14.6 Å². The number of thiophene rings is 1. The van der Waals surface area contributed by atoms with E-state index in [2.05, 4.69) is 4.90 Å². The van der Waals surface area contributed by atoms with Gasteiger partial charge in [0.1, 0.15) is 0 Å². The number of carbonyl (C=O) groups is 1. The van der Waals surface area contributed by atoms with E-state index < -0.39 is 6.10 Å². The molecule has 1 aliphatic rings. The van der Waals surface area contributed by atoms with Crippen LogP contribution in [0.25, 0.3) is 0 Å².